The molecule has 2 N–H and O–H groups in total. The minimum absolute atomic E-state index is 0.0361. The highest BCUT2D eigenvalue weighted by atomic mass is 16.6. The van der Waals surface area contributed by atoms with Crippen LogP contribution in [0.4, 0.5) is 17.2 Å². The molecular weight excluding hydrogens is 322 g/mol. The van der Waals surface area contributed by atoms with E-state index in [1.54, 1.807) is 25.4 Å². The lowest BCUT2D eigenvalue weighted by Crippen LogP contribution is -1.97. The number of methoxy groups -OCH3 is 1. The summed E-state index contributed by atoms with van der Waals surface area (Å²) >= 11 is 0. The summed E-state index contributed by atoms with van der Waals surface area (Å²) in [5.74, 6) is 1.32. The maximum absolute atomic E-state index is 10.8. The lowest BCUT2D eigenvalue weighted by Gasteiger charge is -2.09. The average molecular weight is 335 g/mol. The monoisotopic (exact) mass is 335 g/mol. The number of nitrogens with zero attached hydrogens (tertiary/aromatic N) is 3. The van der Waals surface area contributed by atoms with Crippen LogP contribution < -0.4 is 10.1 Å². The molecule has 8 heteroatoms. The maximum Gasteiger partial charge on any atom is 0.269 e. The predicted molar refractivity (Wildman–Crippen MR) is 94.3 cm³/mol. The second-order valence-electron chi connectivity index (χ2n) is 5.42. The number of nitro benzene ring substituents is 1. The zero-order valence-electron chi connectivity index (χ0n) is 13.2. The van der Waals surface area contributed by atoms with Crippen LogP contribution in [0.1, 0.15) is 0 Å². The Balaban J connectivity index is 1.80. The van der Waals surface area contributed by atoms with Gasteiger partial charge in [-0.25, -0.2) is 4.98 Å². The summed E-state index contributed by atoms with van der Waals surface area (Å²) in [6, 6.07) is 11.8. The molecule has 25 heavy (non-hydrogen) atoms. The van der Waals surface area contributed by atoms with Gasteiger partial charge in [0.15, 0.2) is 5.82 Å². The van der Waals surface area contributed by atoms with Crippen LogP contribution in [-0.4, -0.2) is 27.2 Å². The highest BCUT2D eigenvalue weighted by molar-refractivity contribution is 6.09. The number of rotatable bonds is 4. The molecule has 0 atom stereocenters. The molecule has 0 saturated heterocycles. The fourth-order valence-electron chi connectivity index (χ4n) is 2.69. The van der Waals surface area contributed by atoms with E-state index in [0.717, 1.165) is 22.0 Å². The second-order valence-corrected chi connectivity index (χ2v) is 5.42. The van der Waals surface area contributed by atoms with Gasteiger partial charge in [-0.15, -0.1) is 0 Å². The molecule has 0 saturated carbocycles. The fraction of sp³-hybridized carbons (Fsp3) is 0.0588. The summed E-state index contributed by atoms with van der Waals surface area (Å²) in [4.78, 5) is 14.9. The number of aromatic amines is 1. The molecule has 2 aromatic carbocycles. The van der Waals surface area contributed by atoms with E-state index >= 15 is 0 Å². The van der Waals surface area contributed by atoms with Crippen LogP contribution in [-0.2, 0) is 0 Å². The summed E-state index contributed by atoms with van der Waals surface area (Å²) in [6.45, 7) is 0. The first kappa shape index (κ1) is 14.9. The van der Waals surface area contributed by atoms with Crippen molar-refractivity contribution in [3.05, 3.63) is 58.8 Å². The van der Waals surface area contributed by atoms with E-state index in [1.165, 1.54) is 12.1 Å². The quantitative estimate of drug-likeness (QED) is 0.434. The average Bonchev–Trinajstić information content (AvgIpc) is 3.12. The van der Waals surface area contributed by atoms with E-state index in [9.17, 15) is 10.1 Å². The van der Waals surface area contributed by atoms with Gasteiger partial charge < -0.3 is 10.1 Å². The van der Waals surface area contributed by atoms with Crippen LogP contribution >= 0.6 is 0 Å². The Kier molecular flexibility index (Phi) is 3.42. The molecule has 0 aliphatic heterocycles. The molecule has 0 radical (unpaired) electrons. The number of aromatic nitrogens is 3. The smallest absolute Gasteiger partial charge is 0.269 e. The first-order chi connectivity index (χ1) is 12.2. The number of benzene rings is 2. The van der Waals surface area contributed by atoms with Crippen LogP contribution in [0, 0.1) is 10.1 Å². The summed E-state index contributed by atoms with van der Waals surface area (Å²) in [7, 11) is 1.62. The molecule has 0 aliphatic rings. The van der Waals surface area contributed by atoms with Gasteiger partial charge in [0.25, 0.3) is 5.69 Å². The molecule has 2 heterocycles. The first-order valence-corrected chi connectivity index (χ1v) is 7.48. The van der Waals surface area contributed by atoms with E-state index in [4.69, 9.17) is 4.74 Å². The molecule has 2 aromatic heterocycles. The molecule has 0 unspecified atom stereocenters. The first-order valence-electron chi connectivity index (χ1n) is 7.48. The number of fused-ring (bicyclic) bond motifs is 3. The van der Waals surface area contributed by atoms with Gasteiger partial charge in [-0.2, -0.15) is 5.10 Å². The van der Waals surface area contributed by atoms with Crippen molar-refractivity contribution in [3.8, 4) is 5.75 Å². The number of non-ortho nitro benzene ring substituents is 1. The van der Waals surface area contributed by atoms with Crippen LogP contribution in [0.25, 0.3) is 21.8 Å². The van der Waals surface area contributed by atoms with Crippen molar-refractivity contribution in [2.24, 2.45) is 0 Å². The molecule has 124 valence electrons. The lowest BCUT2D eigenvalue weighted by molar-refractivity contribution is -0.384. The zero-order chi connectivity index (χ0) is 17.4. The topological polar surface area (TPSA) is 106 Å². The minimum Gasteiger partial charge on any atom is -0.497 e. The molecular formula is C17H13N5O3. The molecule has 4 rings (SSSR count). The molecule has 0 amide bonds. The van der Waals surface area contributed by atoms with Crippen LogP contribution in [0.15, 0.2) is 48.7 Å². The Labute approximate surface area is 141 Å². The fourth-order valence-corrected chi connectivity index (χ4v) is 2.69. The SMILES string of the molecule is COc1ccc2nc(Nc3ccc([N+](=O)[O-])cc3)c3n[nH]cc3c2c1. The van der Waals surface area contributed by atoms with Crippen molar-refractivity contribution < 1.29 is 9.66 Å². The van der Waals surface area contributed by atoms with Crippen molar-refractivity contribution in [2.45, 2.75) is 0 Å². The molecule has 4 aromatic rings. The molecule has 8 nitrogen and oxygen atoms in total. The minimum atomic E-state index is -0.433. The molecule has 0 bridgehead atoms. The van der Waals surface area contributed by atoms with Gasteiger partial charge in [0.2, 0.25) is 0 Å². The number of ether oxygens (including phenoxy) is 1. The number of pyridine rings is 1. The number of nitrogens with one attached hydrogen (secondary N) is 2. The number of H-pyrrole nitrogens is 1. The normalized spacial score (nSPS) is 10.9. The van der Waals surface area contributed by atoms with Crippen molar-refractivity contribution in [1.82, 2.24) is 15.2 Å². The maximum atomic E-state index is 10.8. The summed E-state index contributed by atoms with van der Waals surface area (Å²) in [5, 5.41) is 22.9. The highest BCUT2D eigenvalue weighted by Gasteiger charge is 2.12. The third kappa shape index (κ3) is 2.59. The number of hydrogen-bond acceptors (Lipinski definition) is 6. The lowest BCUT2D eigenvalue weighted by atomic mass is 10.1. The number of hydrogen-bond donors (Lipinski definition) is 2. The van der Waals surface area contributed by atoms with Crippen molar-refractivity contribution in [3.63, 3.8) is 0 Å². The summed E-state index contributed by atoms with van der Waals surface area (Å²) in [6.07, 6.45) is 1.81. The van der Waals surface area contributed by atoms with Gasteiger partial charge in [0.1, 0.15) is 11.3 Å². The van der Waals surface area contributed by atoms with E-state index in [0.29, 0.717) is 17.0 Å². The summed E-state index contributed by atoms with van der Waals surface area (Å²) in [5.41, 5.74) is 2.20. The van der Waals surface area contributed by atoms with Gasteiger partial charge in [0, 0.05) is 34.8 Å². The van der Waals surface area contributed by atoms with Crippen molar-refractivity contribution in [2.75, 3.05) is 12.4 Å². The zero-order valence-corrected chi connectivity index (χ0v) is 13.2. The van der Waals surface area contributed by atoms with E-state index in [1.807, 2.05) is 18.2 Å². The standard InChI is InChI=1S/C17H13N5O3/c1-25-12-6-7-15-13(8-12)14-9-18-21-16(14)17(20-15)19-10-2-4-11(5-3-10)22(23)24/h2-9H,1H3,(H,18,21)(H,19,20). The molecule has 0 fully saturated rings. The Morgan fingerprint density at radius 2 is 1.96 bits per heavy atom. The Bertz CT molecular complexity index is 1090. The third-order valence-electron chi connectivity index (χ3n) is 3.93. The largest absolute Gasteiger partial charge is 0.497 e. The summed E-state index contributed by atoms with van der Waals surface area (Å²) < 4.78 is 5.28. The highest BCUT2D eigenvalue weighted by Crippen LogP contribution is 2.31. The number of anilines is 2. The van der Waals surface area contributed by atoms with Gasteiger partial charge in [0.05, 0.1) is 17.5 Å². The Morgan fingerprint density at radius 3 is 2.68 bits per heavy atom. The number of nitro groups is 1. The third-order valence-corrected chi connectivity index (χ3v) is 3.93. The van der Waals surface area contributed by atoms with Crippen LogP contribution in [0.5, 0.6) is 5.75 Å². The van der Waals surface area contributed by atoms with Crippen LogP contribution in [0.2, 0.25) is 0 Å². The molecule has 0 aliphatic carbocycles. The van der Waals surface area contributed by atoms with Crippen molar-refractivity contribution in [1.29, 1.82) is 0 Å². The second kappa shape index (κ2) is 5.75. The molecule has 0 spiro atoms. The van der Waals surface area contributed by atoms with E-state index in [2.05, 4.69) is 20.5 Å². The van der Waals surface area contributed by atoms with Gasteiger partial charge in [-0.3, -0.25) is 15.2 Å². The van der Waals surface area contributed by atoms with Gasteiger partial charge in [-0.1, -0.05) is 0 Å². The van der Waals surface area contributed by atoms with Crippen LogP contribution in [0.3, 0.4) is 0 Å². The Morgan fingerprint density at radius 1 is 1.16 bits per heavy atom. The van der Waals surface area contributed by atoms with Gasteiger partial charge >= 0.3 is 0 Å². The van der Waals surface area contributed by atoms with E-state index < -0.39 is 4.92 Å². The van der Waals surface area contributed by atoms with E-state index in [-0.39, 0.29) is 5.69 Å². The Hall–Kier alpha value is -3.68. The van der Waals surface area contributed by atoms with Gasteiger partial charge in [-0.05, 0) is 30.3 Å². The predicted octanol–water partition coefficient (Wildman–Crippen LogP) is 3.77. The van der Waals surface area contributed by atoms with Crippen molar-refractivity contribution >= 4 is 39.0 Å².